The minimum Gasteiger partial charge on any atom is -0.458 e. The fourth-order valence-electron chi connectivity index (χ4n) is 3.40. The number of aryl methyl sites for hydroxylation is 1. The van der Waals surface area contributed by atoms with Crippen molar-refractivity contribution in [3.8, 4) is 6.01 Å². The first-order valence-corrected chi connectivity index (χ1v) is 8.52. The molecule has 1 aliphatic carbocycles. The molecule has 22 heavy (non-hydrogen) atoms. The van der Waals surface area contributed by atoms with Gasteiger partial charge in [0.2, 0.25) is 5.91 Å². The molecule has 2 fully saturated rings. The number of rotatable bonds is 4. The standard InChI is InChI=1S/C17H25N3O2/c1-2-13-10-18-17(19-11-13)22-15-8-5-9-20(12-15)16(21)14-6-3-4-7-14/h10-11,14-15H,2-9,12H2,1H3. The van der Waals surface area contributed by atoms with Crippen LogP contribution in [0.25, 0.3) is 0 Å². The highest BCUT2D eigenvalue weighted by atomic mass is 16.5. The quantitative estimate of drug-likeness (QED) is 0.858. The number of hydrogen-bond acceptors (Lipinski definition) is 4. The average molecular weight is 303 g/mol. The first kappa shape index (κ1) is 15.3. The van der Waals surface area contributed by atoms with E-state index >= 15 is 0 Å². The molecule has 1 aromatic rings. The van der Waals surface area contributed by atoms with Crippen molar-refractivity contribution in [3.05, 3.63) is 18.0 Å². The monoisotopic (exact) mass is 303 g/mol. The summed E-state index contributed by atoms with van der Waals surface area (Å²) in [7, 11) is 0. The lowest BCUT2D eigenvalue weighted by Crippen LogP contribution is -2.46. The number of nitrogens with zero attached hydrogens (tertiary/aromatic N) is 3. The first-order valence-electron chi connectivity index (χ1n) is 8.52. The normalized spacial score (nSPS) is 22.8. The molecule has 1 aromatic heterocycles. The Kier molecular flexibility index (Phi) is 4.90. The Hall–Kier alpha value is -1.65. The highest BCUT2D eigenvalue weighted by Crippen LogP contribution is 2.28. The minimum absolute atomic E-state index is 0.0200. The van der Waals surface area contributed by atoms with E-state index in [9.17, 15) is 4.79 Å². The van der Waals surface area contributed by atoms with Gasteiger partial charge in [-0.1, -0.05) is 19.8 Å². The van der Waals surface area contributed by atoms with Crippen LogP contribution in [0.1, 0.15) is 51.0 Å². The topological polar surface area (TPSA) is 55.3 Å². The van der Waals surface area contributed by atoms with Crippen LogP contribution < -0.4 is 4.74 Å². The fraction of sp³-hybridized carbons (Fsp3) is 0.706. The fourth-order valence-corrected chi connectivity index (χ4v) is 3.40. The number of amides is 1. The van der Waals surface area contributed by atoms with Gasteiger partial charge in [0.1, 0.15) is 6.10 Å². The predicted octanol–water partition coefficient (Wildman–Crippen LogP) is 2.60. The third-order valence-electron chi connectivity index (χ3n) is 4.76. The van der Waals surface area contributed by atoms with Crippen LogP contribution >= 0.6 is 0 Å². The van der Waals surface area contributed by atoms with Crippen LogP contribution in [0.4, 0.5) is 0 Å². The van der Waals surface area contributed by atoms with Gasteiger partial charge < -0.3 is 9.64 Å². The maximum atomic E-state index is 12.5. The molecule has 1 unspecified atom stereocenters. The summed E-state index contributed by atoms with van der Waals surface area (Å²) >= 11 is 0. The number of aromatic nitrogens is 2. The van der Waals surface area contributed by atoms with Crippen LogP contribution in [-0.2, 0) is 11.2 Å². The van der Waals surface area contributed by atoms with Gasteiger partial charge in [-0.15, -0.1) is 0 Å². The van der Waals surface area contributed by atoms with Gasteiger partial charge >= 0.3 is 6.01 Å². The van der Waals surface area contributed by atoms with Crippen LogP contribution in [0, 0.1) is 5.92 Å². The summed E-state index contributed by atoms with van der Waals surface area (Å²) < 4.78 is 5.88. The van der Waals surface area contributed by atoms with Crippen molar-refractivity contribution in [1.82, 2.24) is 14.9 Å². The van der Waals surface area contributed by atoms with E-state index in [2.05, 4.69) is 16.9 Å². The molecule has 0 bridgehead atoms. The van der Waals surface area contributed by atoms with Gasteiger partial charge in [-0.25, -0.2) is 9.97 Å². The summed E-state index contributed by atoms with van der Waals surface area (Å²) in [5.41, 5.74) is 1.11. The highest BCUT2D eigenvalue weighted by Gasteiger charge is 2.31. The molecule has 5 nitrogen and oxygen atoms in total. The summed E-state index contributed by atoms with van der Waals surface area (Å²) in [5, 5.41) is 0. The van der Waals surface area contributed by atoms with Gasteiger partial charge in [0.25, 0.3) is 0 Å². The zero-order valence-electron chi connectivity index (χ0n) is 13.3. The van der Waals surface area contributed by atoms with Crippen molar-refractivity contribution in [2.24, 2.45) is 5.92 Å². The van der Waals surface area contributed by atoms with Crippen LogP contribution in [-0.4, -0.2) is 40.0 Å². The molecule has 0 radical (unpaired) electrons. The third kappa shape index (κ3) is 3.57. The van der Waals surface area contributed by atoms with Gasteiger partial charge in [0.15, 0.2) is 0 Å². The number of likely N-dealkylation sites (tertiary alicyclic amines) is 1. The van der Waals surface area contributed by atoms with Gasteiger partial charge in [0, 0.05) is 24.9 Å². The summed E-state index contributed by atoms with van der Waals surface area (Å²) in [4.78, 5) is 23.0. The van der Waals surface area contributed by atoms with E-state index in [0.717, 1.165) is 44.2 Å². The summed E-state index contributed by atoms with van der Waals surface area (Å²) in [6, 6.07) is 0.428. The Morgan fingerprint density at radius 2 is 1.95 bits per heavy atom. The average Bonchev–Trinajstić information content (AvgIpc) is 3.09. The molecule has 120 valence electrons. The Bertz CT molecular complexity index is 497. The number of ether oxygens (including phenoxy) is 1. The molecule has 2 aliphatic rings. The number of carbonyl (C=O) groups excluding carboxylic acids is 1. The van der Waals surface area contributed by atoms with E-state index in [0.29, 0.717) is 18.5 Å². The van der Waals surface area contributed by atoms with Gasteiger partial charge in [-0.3, -0.25) is 4.79 Å². The molecular formula is C17H25N3O2. The Balaban J connectivity index is 1.56. The molecule has 0 aromatic carbocycles. The van der Waals surface area contributed by atoms with Crippen LogP contribution in [0.2, 0.25) is 0 Å². The second-order valence-electron chi connectivity index (χ2n) is 6.38. The summed E-state index contributed by atoms with van der Waals surface area (Å²) in [5.74, 6) is 0.576. The van der Waals surface area contributed by atoms with Gasteiger partial charge in [-0.2, -0.15) is 0 Å². The lowest BCUT2D eigenvalue weighted by atomic mass is 10.0. The van der Waals surface area contributed by atoms with Crippen molar-refractivity contribution in [2.75, 3.05) is 13.1 Å². The van der Waals surface area contributed by atoms with Crippen molar-refractivity contribution < 1.29 is 9.53 Å². The number of piperidine rings is 1. The maximum Gasteiger partial charge on any atom is 0.316 e. The maximum absolute atomic E-state index is 12.5. The molecule has 1 aliphatic heterocycles. The van der Waals surface area contributed by atoms with Crippen molar-refractivity contribution >= 4 is 5.91 Å². The Morgan fingerprint density at radius 3 is 2.64 bits per heavy atom. The molecule has 5 heteroatoms. The molecule has 3 rings (SSSR count). The molecule has 1 saturated carbocycles. The van der Waals surface area contributed by atoms with Crippen LogP contribution in [0.3, 0.4) is 0 Å². The first-order chi connectivity index (χ1) is 10.8. The largest absolute Gasteiger partial charge is 0.458 e. The summed E-state index contributed by atoms with van der Waals surface area (Å²) in [6.07, 6.45) is 11.0. The van der Waals surface area contributed by atoms with E-state index in [1.54, 1.807) is 0 Å². The lowest BCUT2D eigenvalue weighted by molar-refractivity contribution is -0.138. The molecule has 1 atom stereocenters. The predicted molar refractivity (Wildman–Crippen MR) is 83.6 cm³/mol. The molecule has 0 N–H and O–H groups in total. The van der Waals surface area contributed by atoms with E-state index < -0.39 is 0 Å². The molecule has 2 heterocycles. The van der Waals surface area contributed by atoms with Gasteiger partial charge in [0.05, 0.1) is 6.54 Å². The molecular weight excluding hydrogens is 278 g/mol. The number of hydrogen-bond donors (Lipinski definition) is 0. The smallest absolute Gasteiger partial charge is 0.316 e. The lowest BCUT2D eigenvalue weighted by Gasteiger charge is -2.33. The SMILES string of the molecule is CCc1cnc(OC2CCCN(C(=O)C3CCCC3)C2)nc1. The zero-order chi connectivity index (χ0) is 15.4. The van der Waals surface area contributed by atoms with E-state index in [1.165, 1.54) is 12.8 Å². The molecule has 0 spiro atoms. The van der Waals surface area contributed by atoms with Crippen LogP contribution in [0.15, 0.2) is 12.4 Å². The highest BCUT2D eigenvalue weighted by molar-refractivity contribution is 5.79. The van der Waals surface area contributed by atoms with E-state index in [-0.39, 0.29) is 12.0 Å². The molecule has 1 saturated heterocycles. The Labute approximate surface area is 132 Å². The Morgan fingerprint density at radius 1 is 1.23 bits per heavy atom. The molecule has 1 amide bonds. The third-order valence-corrected chi connectivity index (χ3v) is 4.76. The van der Waals surface area contributed by atoms with E-state index in [1.807, 2.05) is 17.3 Å². The van der Waals surface area contributed by atoms with Crippen molar-refractivity contribution in [1.29, 1.82) is 0 Å². The van der Waals surface area contributed by atoms with Crippen molar-refractivity contribution in [2.45, 2.75) is 58.0 Å². The van der Waals surface area contributed by atoms with E-state index in [4.69, 9.17) is 4.74 Å². The van der Waals surface area contributed by atoms with Crippen LogP contribution in [0.5, 0.6) is 6.01 Å². The second kappa shape index (κ2) is 7.07. The zero-order valence-corrected chi connectivity index (χ0v) is 13.3. The second-order valence-corrected chi connectivity index (χ2v) is 6.38. The van der Waals surface area contributed by atoms with Crippen molar-refractivity contribution in [3.63, 3.8) is 0 Å². The van der Waals surface area contributed by atoms with Gasteiger partial charge in [-0.05, 0) is 37.7 Å². The number of carbonyl (C=O) groups is 1. The minimum atomic E-state index is 0.0200. The summed E-state index contributed by atoms with van der Waals surface area (Å²) in [6.45, 7) is 3.62.